The van der Waals surface area contributed by atoms with Crippen LogP contribution >= 0.6 is 0 Å². The number of hydrogen-bond acceptors (Lipinski definition) is 2. The first-order chi connectivity index (χ1) is 6.61. The average Bonchev–Trinajstić information content (AvgIpc) is 2.15. The minimum absolute atomic E-state index is 0.593. The Kier molecular flexibility index (Phi) is 6.63. The van der Waals surface area contributed by atoms with Gasteiger partial charge in [0.1, 0.15) is 0 Å². The Balaban J connectivity index is 4.54. The SMILES string of the molecule is C=N/C(C)=C(C=NCC(C)C)/C=C\C. The quantitative estimate of drug-likeness (QED) is 0.472. The van der Waals surface area contributed by atoms with Crippen LogP contribution in [0.5, 0.6) is 0 Å². The second-order valence-corrected chi connectivity index (χ2v) is 3.59. The van der Waals surface area contributed by atoms with Crippen LogP contribution in [0.1, 0.15) is 27.7 Å². The van der Waals surface area contributed by atoms with Gasteiger partial charge in [0.25, 0.3) is 0 Å². The van der Waals surface area contributed by atoms with Crippen molar-refractivity contribution in [2.75, 3.05) is 6.54 Å². The first-order valence-electron chi connectivity index (χ1n) is 4.92. The molecule has 0 aromatic rings. The molecule has 0 unspecified atom stereocenters. The molecular weight excluding hydrogens is 172 g/mol. The molecule has 0 saturated carbocycles. The lowest BCUT2D eigenvalue weighted by Gasteiger charge is -1.99. The van der Waals surface area contributed by atoms with Gasteiger partial charge in [0, 0.05) is 24.0 Å². The van der Waals surface area contributed by atoms with Crippen LogP contribution in [0.3, 0.4) is 0 Å². The molecule has 0 rings (SSSR count). The molecule has 0 fully saturated rings. The Hall–Kier alpha value is -1.18. The van der Waals surface area contributed by atoms with Crippen molar-refractivity contribution in [2.45, 2.75) is 27.7 Å². The molecule has 0 aliphatic carbocycles. The van der Waals surface area contributed by atoms with E-state index in [9.17, 15) is 0 Å². The summed E-state index contributed by atoms with van der Waals surface area (Å²) in [5, 5.41) is 0. The third-order valence-corrected chi connectivity index (χ3v) is 1.70. The van der Waals surface area contributed by atoms with Gasteiger partial charge in [-0.05, 0) is 26.5 Å². The zero-order valence-corrected chi connectivity index (χ0v) is 9.62. The zero-order chi connectivity index (χ0) is 11.0. The summed E-state index contributed by atoms with van der Waals surface area (Å²) in [6.07, 6.45) is 5.84. The Morgan fingerprint density at radius 3 is 2.50 bits per heavy atom. The Labute approximate surface area is 87.2 Å². The lowest BCUT2D eigenvalue weighted by molar-refractivity contribution is 0.667. The van der Waals surface area contributed by atoms with Gasteiger partial charge in [-0.1, -0.05) is 26.0 Å². The maximum atomic E-state index is 4.34. The average molecular weight is 192 g/mol. The van der Waals surface area contributed by atoms with E-state index in [2.05, 4.69) is 30.5 Å². The minimum Gasteiger partial charge on any atom is -0.292 e. The number of rotatable bonds is 5. The van der Waals surface area contributed by atoms with Crippen LogP contribution in [0.15, 0.2) is 33.4 Å². The Morgan fingerprint density at radius 1 is 1.43 bits per heavy atom. The highest BCUT2D eigenvalue weighted by Gasteiger charge is 1.93. The number of hydrogen-bond donors (Lipinski definition) is 0. The Morgan fingerprint density at radius 2 is 2.07 bits per heavy atom. The van der Waals surface area contributed by atoms with E-state index in [1.807, 2.05) is 32.2 Å². The highest BCUT2D eigenvalue weighted by Crippen LogP contribution is 2.04. The van der Waals surface area contributed by atoms with Crippen molar-refractivity contribution in [3.8, 4) is 0 Å². The molecule has 78 valence electrons. The van der Waals surface area contributed by atoms with Gasteiger partial charge >= 0.3 is 0 Å². The first-order valence-corrected chi connectivity index (χ1v) is 4.92. The van der Waals surface area contributed by atoms with E-state index in [1.165, 1.54) is 0 Å². The number of nitrogens with zero attached hydrogens (tertiary/aromatic N) is 2. The summed E-state index contributed by atoms with van der Waals surface area (Å²) in [7, 11) is 0. The van der Waals surface area contributed by atoms with Crippen molar-refractivity contribution in [1.82, 2.24) is 0 Å². The lowest BCUT2D eigenvalue weighted by Crippen LogP contribution is -1.93. The van der Waals surface area contributed by atoms with Crippen LogP contribution < -0.4 is 0 Å². The summed E-state index contributed by atoms with van der Waals surface area (Å²) in [5.41, 5.74) is 1.94. The largest absolute Gasteiger partial charge is 0.292 e. The second-order valence-electron chi connectivity index (χ2n) is 3.59. The fourth-order valence-corrected chi connectivity index (χ4v) is 0.890. The van der Waals surface area contributed by atoms with Gasteiger partial charge in [0.05, 0.1) is 0 Å². The lowest BCUT2D eigenvalue weighted by atomic mass is 10.2. The van der Waals surface area contributed by atoms with E-state index in [4.69, 9.17) is 0 Å². The molecule has 2 heteroatoms. The van der Waals surface area contributed by atoms with Crippen molar-refractivity contribution in [1.29, 1.82) is 0 Å². The van der Waals surface area contributed by atoms with Crippen LogP contribution in [0.2, 0.25) is 0 Å². The number of allylic oxidation sites excluding steroid dienone is 4. The fraction of sp³-hybridized carbons (Fsp3) is 0.500. The molecule has 0 bridgehead atoms. The van der Waals surface area contributed by atoms with Crippen LogP contribution in [0.25, 0.3) is 0 Å². The van der Waals surface area contributed by atoms with Gasteiger partial charge in [-0.25, -0.2) is 0 Å². The summed E-state index contributed by atoms with van der Waals surface area (Å²) in [6.45, 7) is 12.6. The highest BCUT2D eigenvalue weighted by atomic mass is 14.7. The van der Waals surface area contributed by atoms with Crippen LogP contribution in [0, 0.1) is 5.92 Å². The van der Waals surface area contributed by atoms with Crippen molar-refractivity contribution in [2.24, 2.45) is 15.9 Å². The maximum absolute atomic E-state index is 4.34. The highest BCUT2D eigenvalue weighted by molar-refractivity contribution is 5.83. The maximum Gasteiger partial charge on any atom is 0.0452 e. The molecule has 0 aliphatic rings. The van der Waals surface area contributed by atoms with Crippen molar-refractivity contribution in [3.05, 3.63) is 23.4 Å². The molecule has 0 amide bonds. The monoisotopic (exact) mass is 192 g/mol. The molecule has 0 saturated heterocycles. The summed E-state index contributed by atoms with van der Waals surface area (Å²) < 4.78 is 0. The molecule has 0 aromatic carbocycles. The van der Waals surface area contributed by atoms with Gasteiger partial charge in [-0.2, -0.15) is 0 Å². The van der Waals surface area contributed by atoms with E-state index in [1.54, 1.807) is 0 Å². The van der Waals surface area contributed by atoms with Crippen molar-refractivity contribution >= 4 is 12.9 Å². The summed E-state index contributed by atoms with van der Waals surface area (Å²) >= 11 is 0. The molecule has 0 atom stereocenters. The van der Waals surface area contributed by atoms with E-state index >= 15 is 0 Å². The topological polar surface area (TPSA) is 24.7 Å². The zero-order valence-electron chi connectivity index (χ0n) is 9.62. The molecular formula is C12H20N2. The van der Waals surface area contributed by atoms with Crippen LogP contribution in [0.4, 0.5) is 0 Å². The third kappa shape index (κ3) is 5.46. The van der Waals surface area contributed by atoms with Crippen molar-refractivity contribution < 1.29 is 0 Å². The summed E-state index contributed by atoms with van der Waals surface area (Å²) in [6, 6.07) is 0. The smallest absolute Gasteiger partial charge is 0.0452 e. The van der Waals surface area contributed by atoms with Crippen molar-refractivity contribution in [3.63, 3.8) is 0 Å². The van der Waals surface area contributed by atoms with Gasteiger partial charge in [-0.3, -0.25) is 9.98 Å². The van der Waals surface area contributed by atoms with E-state index in [0.717, 1.165) is 17.8 Å². The molecule has 0 aromatic heterocycles. The van der Waals surface area contributed by atoms with Gasteiger partial charge in [0.15, 0.2) is 0 Å². The Bertz CT molecular complexity index is 257. The predicted molar refractivity (Wildman–Crippen MR) is 65.3 cm³/mol. The van der Waals surface area contributed by atoms with Gasteiger partial charge in [0.2, 0.25) is 0 Å². The molecule has 0 N–H and O–H groups in total. The third-order valence-electron chi connectivity index (χ3n) is 1.70. The molecule has 0 aliphatic heterocycles. The fourth-order valence-electron chi connectivity index (χ4n) is 0.890. The first kappa shape index (κ1) is 12.8. The summed E-state index contributed by atoms with van der Waals surface area (Å²) in [5.74, 6) is 0.593. The normalized spacial score (nSPS) is 14.1. The van der Waals surface area contributed by atoms with Crippen LogP contribution in [-0.2, 0) is 0 Å². The second kappa shape index (κ2) is 7.25. The molecule has 2 nitrogen and oxygen atoms in total. The standard InChI is InChI=1S/C12H20N2/c1-6-7-12(11(4)13-5)9-14-8-10(2)3/h6-7,9-10H,5,8H2,1-4H3/b7-6-,12-11-,14-9?. The summed E-state index contributed by atoms with van der Waals surface area (Å²) in [4.78, 5) is 8.23. The van der Waals surface area contributed by atoms with Gasteiger partial charge < -0.3 is 0 Å². The molecule has 0 spiro atoms. The molecule has 14 heavy (non-hydrogen) atoms. The van der Waals surface area contributed by atoms with E-state index in [-0.39, 0.29) is 0 Å². The van der Waals surface area contributed by atoms with E-state index < -0.39 is 0 Å². The molecule has 0 heterocycles. The minimum atomic E-state index is 0.593. The number of aliphatic imine (C=N–C) groups is 2. The van der Waals surface area contributed by atoms with Gasteiger partial charge in [-0.15, -0.1) is 0 Å². The van der Waals surface area contributed by atoms with E-state index in [0.29, 0.717) is 5.92 Å². The van der Waals surface area contributed by atoms with Crippen LogP contribution in [-0.4, -0.2) is 19.5 Å². The predicted octanol–water partition coefficient (Wildman–Crippen LogP) is 3.26. The molecule has 0 radical (unpaired) electrons.